The summed E-state index contributed by atoms with van der Waals surface area (Å²) in [4.78, 5) is 4.71. The Bertz CT molecular complexity index is 479. The zero-order chi connectivity index (χ0) is 11.9. The molecule has 0 radical (unpaired) electrons. The van der Waals surface area contributed by atoms with Crippen molar-refractivity contribution in [2.45, 2.75) is 17.2 Å². The first-order chi connectivity index (χ1) is 8.21. The molecule has 3 nitrogen and oxygen atoms in total. The van der Waals surface area contributed by atoms with Crippen LogP contribution >= 0.6 is 27.7 Å². The average Bonchev–Trinajstić information content (AvgIpc) is 2.66. The first-order valence-electron chi connectivity index (χ1n) is 5.56. The molecule has 2 atom stereocenters. The van der Waals surface area contributed by atoms with Crippen LogP contribution in [-0.2, 0) is 10.3 Å². The number of fused-ring (bicyclic) bond motifs is 1. The number of halogens is 1. The van der Waals surface area contributed by atoms with Gasteiger partial charge >= 0.3 is 0 Å². The molecule has 0 aromatic heterocycles. The Kier molecular flexibility index (Phi) is 2.92. The minimum atomic E-state index is -0.184. The van der Waals surface area contributed by atoms with Gasteiger partial charge in [0.2, 0.25) is 0 Å². The standard InChI is InChI=1S/C12H13BrN2OS/c13-9-3-1-2-8(6-9)12-4-5-16-7-10(12)17-11(14)15-12/h1-3,6,10H,4-5,7H2,(H2,14,15)/t10?,12-/m1/s1. The van der Waals surface area contributed by atoms with Crippen LogP contribution in [-0.4, -0.2) is 23.6 Å². The third-order valence-corrected chi connectivity index (χ3v) is 4.96. The van der Waals surface area contributed by atoms with Crippen molar-refractivity contribution in [1.29, 1.82) is 0 Å². The van der Waals surface area contributed by atoms with Crippen molar-refractivity contribution in [3.8, 4) is 0 Å². The third kappa shape index (κ3) is 1.90. The van der Waals surface area contributed by atoms with E-state index in [0.29, 0.717) is 10.4 Å². The van der Waals surface area contributed by atoms with Gasteiger partial charge in [-0.3, -0.25) is 0 Å². The molecule has 90 valence electrons. The second-order valence-corrected chi connectivity index (χ2v) is 6.45. The van der Waals surface area contributed by atoms with Gasteiger partial charge in [-0.1, -0.05) is 39.8 Å². The van der Waals surface area contributed by atoms with E-state index in [1.807, 2.05) is 6.07 Å². The number of amidine groups is 1. The third-order valence-electron chi connectivity index (χ3n) is 3.33. The van der Waals surface area contributed by atoms with Crippen molar-refractivity contribution in [3.63, 3.8) is 0 Å². The van der Waals surface area contributed by atoms with Crippen molar-refractivity contribution >= 4 is 32.9 Å². The van der Waals surface area contributed by atoms with Crippen LogP contribution in [0.25, 0.3) is 0 Å². The number of thioether (sulfide) groups is 1. The molecule has 1 aromatic rings. The molecule has 0 saturated carbocycles. The molecule has 1 aromatic carbocycles. The fourth-order valence-electron chi connectivity index (χ4n) is 2.50. The minimum absolute atomic E-state index is 0.184. The van der Waals surface area contributed by atoms with Crippen LogP contribution in [0.5, 0.6) is 0 Å². The number of hydrogen-bond donors (Lipinski definition) is 1. The smallest absolute Gasteiger partial charge is 0.155 e. The Morgan fingerprint density at radius 1 is 1.53 bits per heavy atom. The molecule has 0 aliphatic carbocycles. The van der Waals surface area contributed by atoms with Gasteiger partial charge < -0.3 is 10.5 Å². The molecule has 1 fully saturated rings. The highest BCUT2D eigenvalue weighted by atomic mass is 79.9. The van der Waals surface area contributed by atoms with Crippen LogP contribution in [0.2, 0.25) is 0 Å². The van der Waals surface area contributed by atoms with Crippen LogP contribution in [0, 0.1) is 0 Å². The molecular weight excluding hydrogens is 300 g/mol. The summed E-state index contributed by atoms with van der Waals surface area (Å²) in [5.41, 5.74) is 6.95. The van der Waals surface area contributed by atoms with Gasteiger partial charge in [-0.2, -0.15) is 0 Å². The maximum absolute atomic E-state index is 5.90. The molecular formula is C12H13BrN2OS. The number of ether oxygens (including phenoxy) is 1. The number of nitrogens with two attached hydrogens (primary N) is 1. The monoisotopic (exact) mass is 312 g/mol. The van der Waals surface area contributed by atoms with Crippen molar-refractivity contribution in [2.75, 3.05) is 13.2 Å². The Balaban J connectivity index is 2.08. The second-order valence-electron chi connectivity index (χ2n) is 4.32. The summed E-state index contributed by atoms with van der Waals surface area (Å²) >= 11 is 5.16. The molecule has 2 aliphatic rings. The quantitative estimate of drug-likeness (QED) is 0.866. The summed E-state index contributed by atoms with van der Waals surface area (Å²) in [6.07, 6.45) is 0.905. The maximum atomic E-state index is 5.90. The molecule has 1 saturated heterocycles. The predicted molar refractivity (Wildman–Crippen MR) is 74.3 cm³/mol. The summed E-state index contributed by atoms with van der Waals surface area (Å²) < 4.78 is 6.63. The van der Waals surface area contributed by atoms with Crippen molar-refractivity contribution in [1.82, 2.24) is 0 Å². The van der Waals surface area contributed by atoms with Gasteiger partial charge in [0.15, 0.2) is 5.17 Å². The predicted octanol–water partition coefficient (Wildman–Crippen LogP) is 2.49. The lowest BCUT2D eigenvalue weighted by Gasteiger charge is -2.36. The van der Waals surface area contributed by atoms with E-state index in [-0.39, 0.29) is 5.54 Å². The lowest BCUT2D eigenvalue weighted by Crippen LogP contribution is -2.41. The SMILES string of the molecule is NC1=N[C@@]2(c3cccc(Br)c3)CCOCC2S1. The summed E-state index contributed by atoms with van der Waals surface area (Å²) in [7, 11) is 0. The fourth-order valence-corrected chi connectivity index (χ4v) is 4.07. The largest absolute Gasteiger partial charge is 0.380 e. The number of aliphatic imine (C=N–C) groups is 1. The van der Waals surface area contributed by atoms with Gasteiger partial charge in [0.1, 0.15) is 5.54 Å². The summed E-state index contributed by atoms with van der Waals surface area (Å²) in [6, 6.07) is 8.35. The molecule has 0 bridgehead atoms. The molecule has 3 rings (SSSR count). The van der Waals surface area contributed by atoms with Crippen LogP contribution in [0.4, 0.5) is 0 Å². The zero-order valence-corrected chi connectivity index (χ0v) is 11.6. The summed E-state index contributed by atoms with van der Waals surface area (Å²) in [5.74, 6) is 0. The topological polar surface area (TPSA) is 47.6 Å². The van der Waals surface area contributed by atoms with E-state index >= 15 is 0 Å². The van der Waals surface area contributed by atoms with Crippen LogP contribution in [0.3, 0.4) is 0 Å². The first-order valence-corrected chi connectivity index (χ1v) is 7.24. The Morgan fingerprint density at radius 2 is 2.41 bits per heavy atom. The zero-order valence-electron chi connectivity index (χ0n) is 9.23. The summed E-state index contributed by atoms with van der Waals surface area (Å²) in [6.45, 7) is 1.47. The molecule has 1 unspecified atom stereocenters. The molecule has 5 heteroatoms. The highest BCUT2D eigenvalue weighted by Crippen LogP contribution is 2.47. The van der Waals surface area contributed by atoms with Gasteiger partial charge in [-0.25, -0.2) is 4.99 Å². The van der Waals surface area contributed by atoms with Gasteiger partial charge in [-0.05, 0) is 17.7 Å². The number of nitrogens with zero attached hydrogens (tertiary/aromatic N) is 1. The average molecular weight is 313 g/mol. The van der Waals surface area contributed by atoms with Crippen molar-refractivity contribution in [3.05, 3.63) is 34.3 Å². The number of benzene rings is 1. The Morgan fingerprint density at radius 3 is 3.24 bits per heavy atom. The fraction of sp³-hybridized carbons (Fsp3) is 0.417. The van der Waals surface area contributed by atoms with Gasteiger partial charge in [0.25, 0.3) is 0 Å². The molecule has 2 heterocycles. The first kappa shape index (κ1) is 11.6. The van der Waals surface area contributed by atoms with E-state index in [1.165, 1.54) is 5.56 Å². The van der Waals surface area contributed by atoms with E-state index in [4.69, 9.17) is 15.5 Å². The molecule has 2 N–H and O–H groups in total. The summed E-state index contributed by atoms with van der Waals surface area (Å²) in [5, 5.41) is 0.992. The number of hydrogen-bond acceptors (Lipinski definition) is 4. The van der Waals surface area contributed by atoms with E-state index in [9.17, 15) is 0 Å². The minimum Gasteiger partial charge on any atom is -0.380 e. The highest BCUT2D eigenvalue weighted by molar-refractivity contribution is 9.10. The Labute approximate surface area is 113 Å². The number of rotatable bonds is 1. The normalized spacial score (nSPS) is 32.1. The lowest BCUT2D eigenvalue weighted by atomic mass is 9.83. The van der Waals surface area contributed by atoms with Crippen molar-refractivity contribution < 1.29 is 4.74 Å². The molecule has 0 spiro atoms. The van der Waals surface area contributed by atoms with Gasteiger partial charge in [0, 0.05) is 17.5 Å². The maximum Gasteiger partial charge on any atom is 0.155 e. The molecule has 17 heavy (non-hydrogen) atoms. The lowest BCUT2D eigenvalue weighted by molar-refractivity contribution is 0.0611. The second kappa shape index (κ2) is 4.30. The van der Waals surface area contributed by atoms with E-state index < -0.39 is 0 Å². The molecule has 2 aliphatic heterocycles. The molecule has 0 amide bonds. The van der Waals surface area contributed by atoms with Gasteiger partial charge in [-0.15, -0.1) is 0 Å². The van der Waals surface area contributed by atoms with Crippen LogP contribution in [0.1, 0.15) is 12.0 Å². The van der Waals surface area contributed by atoms with Crippen LogP contribution < -0.4 is 5.73 Å². The Hall–Kier alpha value is -0.520. The van der Waals surface area contributed by atoms with Crippen LogP contribution in [0.15, 0.2) is 33.7 Å². The van der Waals surface area contributed by atoms with E-state index in [2.05, 4.69) is 34.1 Å². The van der Waals surface area contributed by atoms with Gasteiger partial charge in [0.05, 0.1) is 11.9 Å². The van der Waals surface area contributed by atoms with Crippen molar-refractivity contribution in [2.24, 2.45) is 10.7 Å². The van der Waals surface area contributed by atoms with E-state index in [1.54, 1.807) is 11.8 Å². The highest BCUT2D eigenvalue weighted by Gasteiger charge is 2.47. The van der Waals surface area contributed by atoms with E-state index in [0.717, 1.165) is 24.1 Å².